The van der Waals surface area contributed by atoms with Gasteiger partial charge in [0.25, 0.3) is 0 Å². The highest BCUT2D eigenvalue weighted by atomic mass is 16.5. The Bertz CT molecular complexity index is 476. The van der Waals surface area contributed by atoms with Gasteiger partial charge >= 0.3 is 0 Å². The van der Waals surface area contributed by atoms with Crippen LogP contribution in [0.15, 0.2) is 24.3 Å². The Morgan fingerprint density at radius 1 is 1.06 bits per heavy atom. The maximum Gasteiger partial charge on any atom is 0.0649 e. The van der Waals surface area contributed by atoms with Crippen LogP contribution in [0.5, 0.6) is 0 Å². The van der Waals surface area contributed by atoms with Crippen LogP contribution >= 0.6 is 0 Å². The van der Waals surface area contributed by atoms with Gasteiger partial charge in [-0.1, -0.05) is 23.6 Å². The summed E-state index contributed by atoms with van der Waals surface area (Å²) in [4.78, 5) is 2.05. The van der Waals surface area contributed by atoms with Crippen molar-refractivity contribution in [2.24, 2.45) is 0 Å². The molecule has 2 heteroatoms. The van der Waals surface area contributed by atoms with Crippen LogP contribution in [0.25, 0.3) is 0 Å². The van der Waals surface area contributed by atoms with Gasteiger partial charge in [-0.2, -0.15) is 0 Å². The van der Waals surface area contributed by atoms with Gasteiger partial charge in [-0.25, -0.2) is 0 Å². The average Bonchev–Trinajstić information content (AvgIpc) is 2.38. The molecule has 0 atom stereocenters. The van der Waals surface area contributed by atoms with E-state index < -0.39 is 0 Å². The number of ether oxygens (including phenoxy) is 1. The smallest absolute Gasteiger partial charge is 0.0649 e. The summed E-state index contributed by atoms with van der Waals surface area (Å²) < 4.78 is 5.24. The number of rotatable bonds is 0. The predicted octanol–water partition coefficient (Wildman–Crippen LogP) is 1.64. The van der Waals surface area contributed by atoms with E-state index in [9.17, 15) is 0 Å². The molecule has 0 spiro atoms. The molecule has 1 fully saturated rings. The van der Waals surface area contributed by atoms with Crippen LogP contribution in [-0.2, 0) is 4.74 Å². The van der Waals surface area contributed by atoms with E-state index in [2.05, 4.69) is 42.9 Å². The number of morpholine rings is 1. The lowest BCUT2D eigenvalue weighted by Gasteiger charge is -2.22. The monoisotopic (exact) mass is 225 g/mol. The third-order valence-electron chi connectivity index (χ3n) is 2.55. The number of aryl methyl sites for hydroxylation is 1. The predicted molar refractivity (Wildman–Crippen MR) is 68.2 cm³/mol. The van der Waals surface area contributed by atoms with Crippen LogP contribution in [0, 0.1) is 30.7 Å². The minimum absolute atomic E-state index is 0.764. The van der Waals surface area contributed by atoms with Crippen LogP contribution < -0.4 is 0 Å². The summed E-state index contributed by atoms with van der Waals surface area (Å²) in [6.07, 6.45) is 0. The van der Waals surface area contributed by atoms with E-state index in [-0.39, 0.29) is 0 Å². The average molecular weight is 225 g/mol. The van der Waals surface area contributed by atoms with Gasteiger partial charge < -0.3 is 9.64 Å². The van der Waals surface area contributed by atoms with E-state index in [1.54, 1.807) is 0 Å². The van der Waals surface area contributed by atoms with Crippen LogP contribution in [0.2, 0.25) is 0 Å². The Balaban J connectivity index is 1.93. The van der Waals surface area contributed by atoms with Crippen molar-refractivity contribution in [3.05, 3.63) is 35.4 Å². The molecular weight excluding hydrogens is 210 g/mol. The van der Waals surface area contributed by atoms with Gasteiger partial charge in [0.05, 0.1) is 13.2 Å². The summed E-state index contributed by atoms with van der Waals surface area (Å²) in [6.45, 7) is 5.34. The van der Waals surface area contributed by atoms with Crippen molar-refractivity contribution >= 4 is 0 Å². The van der Waals surface area contributed by atoms with Crippen molar-refractivity contribution in [3.8, 4) is 23.8 Å². The molecule has 2 nitrogen and oxygen atoms in total. The number of nitrogens with zero attached hydrogens (tertiary/aromatic N) is 1. The molecule has 1 aliphatic heterocycles. The molecule has 1 saturated heterocycles. The Morgan fingerprint density at radius 2 is 1.76 bits per heavy atom. The molecule has 0 aliphatic carbocycles. The second kappa shape index (κ2) is 5.99. The summed E-state index contributed by atoms with van der Waals surface area (Å²) in [7, 11) is 0. The van der Waals surface area contributed by atoms with E-state index in [1.807, 2.05) is 17.0 Å². The second-order valence-corrected chi connectivity index (χ2v) is 3.95. The van der Waals surface area contributed by atoms with Crippen molar-refractivity contribution < 1.29 is 4.74 Å². The fourth-order valence-corrected chi connectivity index (χ4v) is 1.52. The van der Waals surface area contributed by atoms with Gasteiger partial charge in [-0.05, 0) is 25.0 Å². The normalized spacial score (nSPS) is 14.3. The van der Waals surface area contributed by atoms with Crippen molar-refractivity contribution in [3.63, 3.8) is 0 Å². The summed E-state index contributed by atoms with van der Waals surface area (Å²) >= 11 is 0. The van der Waals surface area contributed by atoms with Gasteiger partial charge in [0, 0.05) is 30.6 Å². The highest BCUT2D eigenvalue weighted by molar-refractivity contribution is 5.40. The molecule has 0 N–H and O–H groups in total. The molecule has 0 amide bonds. The Labute approximate surface area is 103 Å². The van der Waals surface area contributed by atoms with Crippen molar-refractivity contribution in [2.45, 2.75) is 6.92 Å². The van der Waals surface area contributed by atoms with Gasteiger partial charge in [-0.3, -0.25) is 0 Å². The largest absolute Gasteiger partial charge is 0.378 e. The maximum absolute atomic E-state index is 5.24. The first-order chi connectivity index (χ1) is 8.34. The topological polar surface area (TPSA) is 12.5 Å². The van der Waals surface area contributed by atoms with Crippen molar-refractivity contribution in [1.82, 2.24) is 4.90 Å². The standard InChI is InChI=1S/C15H15NO/c1-14-5-7-15(8-6-14)4-2-3-9-16-10-12-17-13-11-16/h5-8H,10-13H2,1H3. The molecule has 1 aromatic rings. The third kappa shape index (κ3) is 3.87. The number of hydrogen-bond acceptors (Lipinski definition) is 2. The minimum atomic E-state index is 0.764. The molecule has 1 aliphatic rings. The molecule has 86 valence electrons. The van der Waals surface area contributed by atoms with Gasteiger partial charge in [0.2, 0.25) is 0 Å². The molecule has 0 unspecified atom stereocenters. The summed E-state index contributed by atoms with van der Waals surface area (Å²) in [5.41, 5.74) is 2.25. The fraction of sp³-hybridized carbons (Fsp3) is 0.333. The Morgan fingerprint density at radius 3 is 2.47 bits per heavy atom. The quantitative estimate of drug-likeness (QED) is 0.622. The van der Waals surface area contributed by atoms with Gasteiger partial charge in [-0.15, -0.1) is 0 Å². The fourth-order valence-electron chi connectivity index (χ4n) is 1.52. The van der Waals surface area contributed by atoms with E-state index in [1.165, 1.54) is 5.56 Å². The summed E-state index contributed by atoms with van der Waals surface area (Å²) in [5.74, 6) is 8.78. The number of hydrogen-bond donors (Lipinski definition) is 0. The lowest BCUT2D eigenvalue weighted by molar-refractivity contribution is 0.0638. The first kappa shape index (κ1) is 11.6. The third-order valence-corrected chi connectivity index (χ3v) is 2.55. The van der Waals surface area contributed by atoms with Gasteiger partial charge in [0.15, 0.2) is 0 Å². The van der Waals surface area contributed by atoms with Crippen LogP contribution in [0.4, 0.5) is 0 Å². The molecule has 17 heavy (non-hydrogen) atoms. The van der Waals surface area contributed by atoms with Gasteiger partial charge in [0.1, 0.15) is 0 Å². The van der Waals surface area contributed by atoms with Crippen molar-refractivity contribution in [2.75, 3.05) is 26.3 Å². The minimum Gasteiger partial charge on any atom is -0.378 e. The SMILES string of the molecule is Cc1ccc(C#CC#CN2CCOCC2)cc1. The zero-order valence-electron chi connectivity index (χ0n) is 9.99. The summed E-state index contributed by atoms with van der Waals surface area (Å²) in [6, 6.07) is 11.2. The second-order valence-electron chi connectivity index (χ2n) is 3.95. The van der Waals surface area contributed by atoms with E-state index in [0.29, 0.717) is 0 Å². The lowest BCUT2D eigenvalue weighted by atomic mass is 10.2. The Kier molecular flexibility index (Phi) is 4.08. The van der Waals surface area contributed by atoms with Crippen molar-refractivity contribution in [1.29, 1.82) is 0 Å². The molecular formula is C15H15NO. The number of benzene rings is 1. The lowest BCUT2D eigenvalue weighted by Crippen LogP contribution is -2.32. The summed E-state index contributed by atoms with van der Waals surface area (Å²) in [5, 5.41) is 0. The van der Waals surface area contributed by atoms with E-state index >= 15 is 0 Å². The Hall–Kier alpha value is -1.90. The zero-order valence-corrected chi connectivity index (χ0v) is 9.99. The molecule has 1 aromatic carbocycles. The molecule has 2 rings (SSSR count). The molecule has 0 radical (unpaired) electrons. The van der Waals surface area contributed by atoms with Crippen LogP contribution in [0.3, 0.4) is 0 Å². The zero-order chi connectivity index (χ0) is 11.9. The highest BCUT2D eigenvalue weighted by Crippen LogP contribution is 2.00. The molecule has 1 heterocycles. The molecule has 0 bridgehead atoms. The van der Waals surface area contributed by atoms with Crippen LogP contribution in [0.1, 0.15) is 11.1 Å². The van der Waals surface area contributed by atoms with Crippen LogP contribution in [-0.4, -0.2) is 31.2 Å². The first-order valence-corrected chi connectivity index (χ1v) is 5.75. The first-order valence-electron chi connectivity index (χ1n) is 5.75. The highest BCUT2D eigenvalue weighted by Gasteiger charge is 2.04. The molecule has 0 aromatic heterocycles. The molecule has 0 saturated carbocycles. The van der Waals surface area contributed by atoms with E-state index in [4.69, 9.17) is 4.74 Å². The van der Waals surface area contributed by atoms with E-state index in [0.717, 1.165) is 31.9 Å². The maximum atomic E-state index is 5.24.